The predicted octanol–water partition coefficient (Wildman–Crippen LogP) is 4.80. The van der Waals surface area contributed by atoms with Gasteiger partial charge in [0.1, 0.15) is 11.3 Å². The molecule has 0 bridgehead atoms. The van der Waals surface area contributed by atoms with E-state index in [4.69, 9.17) is 20.8 Å². The van der Waals surface area contributed by atoms with Gasteiger partial charge in [-0.25, -0.2) is 0 Å². The molecule has 5 nitrogen and oxygen atoms in total. The van der Waals surface area contributed by atoms with Gasteiger partial charge in [0.25, 0.3) is 5.91 Å². The monoisotopic (exact) mass is 398 g/mol. The molecule has 2 heterocycles. The van der Waals surface area contributed by atoms with Crippen LogP contribution in [0.5, 0.6) is 5.75 Å². The summed E-state index contributed by atoms with van der Waals surface area (Å²) in [6.07, 6.45) is 1.78. The molecular formula is C22H23ClN2O3. The molecule has 4 rings (SSSR count). The first kappa shape index (κ1) is 18.7. The van der Waals surface area contributed by atoms with Crippen molar-refractivity contribution >= 4 is 34.2 Å². The Balaban J connectivity index is 1.39. The van der Waals surface area contributed by atoms with E-state index in [0.717, 1.165) is 42.6 Å². The number of nitrogens with zero attached hydrogens (tertiary/aromatic N) is 1. The van der Waals surface area contributed by atoms with Crippen molar-refractivity contribution in [1.82, 2.24) is 5.32 Å². The van der Waals surface area contributed by atoms with E-state index in [9.17, 15) is 4.79 Å². The molecular weight excluding hydrogens is 376 g/mol. The Hall–Kier alpha value is -2.66. The smallest absolute Gasteiger partial charge is 0.287 e. The van der Waals surface area contributed by atoms with Gasteiger partial charge in [-0.1, -0.05) is 11.6 Å². The van der Waals surface area contributed by atoms with Crippen molar-refractivity contribution in [2.75, 3.05) is 25.1 Å². The van der Waals surface area contributed by atoms with Crippen molar-refractivity contribution in [3.8, 4) is 5.75 Å². The van der Waals surface area contributed by atoms with Crippen molar-refractivity contribution in [2.24, 2.45) is 0 Å². The van der Waals surface area contributed by atoms with Crippen LogP contribution in [0.3, 0.4) is 0 Å². The van der Waals surface area contributed by atoms with Crippen molar-refractivity contribution in [3.05, 3.63) is 58.8 Å². The molecule has 0 unspecified atom stereocenters. The Kier molecular flexibility index (Phi) is 5.18. The molecule has 0 saturated carbocycles. The zero-order chi connectivity index (χ0) is 19.7. The van der Waals surface area contributed by atoms with Gasteiger partial charge in [0.05, 0.1) is 7.11 Å². The molecule has 0 atom stereocenters. The second kappa shape index (κ2) is 7.76. The van der Waals surface area contributed by atoms with E-state index in [-0.39, 0.29) is 11.9 Å². The van der Waals surface area contributed by atoms with Crippen molar-refractivity contribution in [3.63, 3.8) is 0 Å². The number of rotatable bonds is 4. The van der Waals surface area contributed by atoms with Gasteiger partial charge in [-0.2, -0.15) is 0 Å². The number of hydrogen-bond donors (Lipinski definition) is 1. The summed E-state index contributed by atoms with van der Waals surface area (Å²) in [6.45, 7) is 3.68. The second-order valence-electron chi connectivity index (χ2n) is 7.13. The molecule has 28 heavy (non-hydrogen) atoms. The average Bonchev–Trinajstić information content (AvgIpc) is 3.05. The summed E-state index contributed by atoms with van der Waals surface area (Å²) in [5.41, 5.74) is 2.68. The number of hydrogen-bond acceptors (Lipinski definition) is 4. The molecule has 0 aliphatic carbocycles. The lowest BCUT2D eigenvalue weighted by Gasteiger charge is -2.33. The quantitative estimate of drug-likeness (QED) is 0.685. The number of piperidine rings is 1. The Morgan fingerprint density at radius 2 is 1.89 bits per heavy atom. The van der Waals surface area contributed by atoms with Gasteiger partial charge in [0.15, 0.2) is 5.76 Å². The van der Waals surface area contributed by atoms with E-state index in [0.29, 0.717) is 16.4 Å². The molecule has 146 valence electrons. The Morgan fingerprint density at radius 1 is 1.18 bits per heavy atom. The van der Waals surface area contributed by atoms with Gasteiger partial charge < -0.3 is 19.4 Å². The van der Waals surface area contributed by atoms with Crippen molar-refractivity contribution in [2.45, 2.75) is 25.8 Å². The molecule has 3 aromatic rings. The predicted molar refractivity (Wildman–Crippen MR) is 112 cm³/mol. The fraction of sp³-hybridized carbons (Fsp3) is 0.318. The average molecular weight is 399 g/mol. The maximum Gasteiger partial charge on any atom is 0.287 e. The number of aryl methyl sites for hydroxylation is 1. The van der Waals surface area contributed by atoms with Crippen LogP contribution < -0.4 is 15.0 Å². The lowest BCUT2D eigenvalue weighted by molar-refractivity contribution is 0.0904. The zero-order valence-corrected chi connectivity index (χ0v) is 16.8. The molecule has 1 saturated heterocycles. The standard InChI is InChI=1S/C22H23ClN2O3/c1-14-19-13-15(23)3-8-20(19)28-21(14)22(26)24-16-9-11-25(12-10-16)17-4-6-18(27-2)7-5-17/h3-8,13,16H,9-12H2,1-2H3,(H,24,26). The van der Waals surface area contributed by atoms with E-state index in [2.05, 4.69) is 22.3 Å². The molecule has 0 radical (unpaired) electrons. The highest BCUT2D eigenvalue weighted by Crippen LogP contribution is 2.28. The van der Waals surface area contributed by atoms with Gasteiger partial charge in [0.2, 0.25) is 0 Å². The highest BCUT2D eigenvalue weighted by atomic mass is 35.5. The first-order valence-corrected chi connectivity index (χ1v) is 9.81. The van der Waals surface area contributed by atoms with Crippen LogP contribution >= 0.6 is 11.6 Å². The fourth-order valence-electron chi connectivity index (χ4n) is 3.74. The number of ether oxygens (including phenoxy) is 1. The summed E-state index contributed by atoms with van der Waals surface area (Å²) in [6, 6.07) is 13.6. The van der Waals surface area contributed by atoms with Gasteiger partial charge >= 0.3 is 0 Å². The van der Waals surface area contributed by atoms with Crippen LogP contribution in [0, 0.1) is 6.92 Å². The third kappa shape index (κ3) is 3.67. The molecule has 1 N–H and O–H groups in total. The molecule has 1 amide bonds. The number of nitrogens with one attached hydrogen (secondary N) is 1. The van der Waals surface area contributed by atoms with E-state index in [1.165, 1.54) is 5.69 Å². The maximum absolute atomic E-state index is 12.7. The van der Waals surface area contributed by atoms with Crippen LogP contribution in [0.4, 0.5) is 5.69 Å². The number of carbonyl (C=O) groups is 1. The highest BCUT2D eigenvalue weighted by molar-refractivity contribution is 6.31. The maximum atomic E-state index is 12.7. The van der Waals surface area contributed by atoms with E-state index in [1.807, 2.05) is 25.1 Å². The van der Waals surface area contributed by atoms with Gasteiger partial charge in [-0.05, 0) is 62.2 Å². The minimum Gasteiger partial charge on any atom is -0.497 e. The second-order valence-corrected chi connectivity index (χ2v) is 7.57. The summed E-state index contributed by atoms with van der Waals surface area (Å²) in [7, 11) is 1.67. The third-order valence-corrected chi connectivity index (χ3v) is 5.61. The molecule has 2 aromatic carbocycles. The lowest BCUT2D eigenvalue weighted by Crippen LogP contribution is -2.44. The first-order valence-electron chi connectivity index (χ1n) is 9.43. The zero-order valence-electron chi connectivity index (χ0n) is 16.0. The number of amides is 1. The van der Waals surface area contributed by atoms with E-state index < -0.39 is 0 Å². The summed E-state index contributed by atoms with van der Waals surface area (Å²) < 4.78 is 11.0. The lowest BCUT2D eigenvalue weighted by atomic mass is 10.0. The van der Waals surface area contributed by atoms with Crippen LogP contribution in [0.25, 0.3) is 11.0 Å². The Morgan fingerprint density at radius 3 is 2.57 bits per heavy atom. The van der Waals surface area contributed by atoms with E-state index >= 15 is 0 Å². The largest absolute Gasteiger partial charge is 0.497 e. The van der Waals surface area contributed by atoms with Gasteiger partial charge in [-0.3, -0.25) is 4.79 Å². The van der Waals surface area contributed by atoms with E-state index in [1.54, 1.807) is 19.2 Å². The number of anilines is 1. The van der Waals surface area contributed by atoms with Crippen molar-refractivity contribution in [1.29, 1.82) is 0 Å². The van der Waals surface area contributed by atoms with Crippen LogP contribution in [-0.4, -0.2) is 32.1 Å². The molecule has 1 aliphatic rings. The first-order chi connectivity index (χ1) is 13.5. The minimum absolute atomic E-state index is 0.137. The van der Waals surface area contributed by atoms with Crippen molar-refractivity contribution < 1.29 is 13.9 Å². The number of carbonyl (C=O) groups excluding carboxylic acids is 1. The Bertz CT molecular complexity index is 989. The van der Waals surface area contributed by atoms with Crippen LogP contribution in [0.1, 0.15) is 29.0 Å². The van der Waals surface area contributed by atoms with Gasteiger partial charge in [0, 0.05) is 40.8 Å². The number of benzene rings is 2. The molecule has 6 heteroatoms. The Labute approximate surface area is 169 Å². The van der Waals surface area contributed by atoms with Crippen LogP contribution in [0.2, 0.25) is 5.02 Å². The number of methoxy groups -OCH3 is 1. The highest BCUT2D eigenvalue weighted by Gasteiger charge is 2.24. The molecule has 1 fully saturated rings. The summed E-state index contributed by atoms with van der Waals surface area (Å²) >= 11 is 6.06. The number of halogens is 1. The molecule has 0 spiro atoms. The topological polar surface area (TPSA) is 54.7 Å². The molecule has 1 aliphatic heterocycles. The van der Waals surface area contributed by atoms with Gasteiger partial charge in [-0.15, -0.1) is 0 Å². The summed E-state index contributed by atoms with van der Waals surface area (Å²) in [5, 5.41) is 4.64. The minimum atomic E-state index is -0.160. The SMILES string of the molecule is COc1ccc(N2CCC(NC(=O)c3oc4ccc(Cl)cc4c3C)CC2)cc1. The van der Waals surface area contributed by atoms with Crippen LogP contribution in [0.15, 0.2) is 46.9 Å². The molecule has 1 aromatic heterocycles. The summed E-state index contributed by atoms with van der Waals surface area (Å²) in [4.78, 5) is 15.1. The fourth-order valence-corrected chi connectivity index (χ4v) is 3.91. The number of furan rings is 1. The normalized spacial score (nSPS) is 15.0. The van der Waals surface area contributed by atoms with Crippen LogP contribution in [-0.2, 0) is 0 Å². The summed E-state index contributed by atoms with van der Waals surface area (Å²) in [5.74, 6) is 1.07. The number of fused-ring (bicyclic) bond motifs is 1. The third-order valence-electron chi connectivity index (χ3n) is 5.37.